The van der Waals surface area contributed by atoms with Crippen molar-refractivity contribution in [1.29, 1.82) is 0 Å². The fourth-order valence-electron chi connectivity index (χ4n) is 2.64. The van der Waals surface area contributed by atoms with Gasteiger partial charge in [0.1, 0.15) is 0 Å². The zero-order chi connectivity index (χ0) is 14.1. The zero-order valence-corrected chi connectivity index (χ0v) is 11.4. The molecule has 3 aromatic rings. The SMILES string of the molecule is c1ccc(C2=NNC(c3ccc4nccnc4c3)C2)cc1. The van der Waals surface area contributed by atoms with E-state index in [4.69, 9.17) is 0 Å². The summed E-state index contributed by atoms with van der Waals surface area (Å²) in [5.74, 6) is 0. The van der Waals surface area contributed by atoms with E-state index in [-0.39, 0.29) is 6.04 Å². The van der Waals surface area contributed by atoms with Gasteiger partial charge in [-0.1, -0.05) is 36.4 Å². The van der Waals surface area contributed by atoms with Crippen molar-refractivity contribution < 1.29 is 0 Å². The van der Waals surface area contributed by atoms with Crippen LogP contribution in [0.4, 0.5) is 0 Å². The number of rotatable bonds is 2. The predicted octanol–water partition coefficient (Wildman–Crippen LogP) is 3.07. The molecular weight excluding hydrogens is 260 g/mol. The van der Waals surface area contributed by atoms with Crippen molar-refractivity contribution >= 4 is 16.7 Å². The molecule has 102 valence electrons. The van der Waals surface area contributed by atoms with Crippen LogP contribution >= 0.6 is 0 Å². The van der Waals surface area contributed by atoms with Crippen LogP contribution in [0.5, 0.6) is 0 Å². The summed E-state index contributed by atoms with van der Waals surface area (Å²) >= 11 is 0. The first kappa shape index (κ1) is 12.0. The van der Waals surface area contributed by atoms with Crippen LogP contribution in [-0.4, -0.2) is 15.7 Å². The van der Waals surface area contributed by atoms with Crippen molar-refractivity contribution in [3.05, 3.63) is 72.1 Å². The van der Waals surface area contributed by atoms with Gasteiger partial charge >= 0.3 is 0 Å². The predicted molar refractivity (Wildman–Crippen MR) is 83.0 cm³/mol. The highest BCUT2D eigenvalue weighted by Gasteiger charge is 2.21. The maximum absolute atomic E-state index is 4.47. The molecule has 1 aromatic heterocycles. The topological polar surface area (TPSA) is 50.2 Å². The first-order valence-corrected chi connectivity index (χ1v) is 6.98. The number of nitrogens with zero attached hydrogens (tertiary/aromatic N) is 3. The van der Waals surface area contributed by atoms with E-state index in [0.717, 1.165) is 23.2 Å². The molecule has 2 heterocycles. The van der Waals surface area contributed by atoms with Gasteiger partial charge in [-0.15, -0.1) is 0 Å². The number of hydrogen-bond acceptors (Lipinski definition) is 4. The maximum Gasteiger partial charge on any atom is 0.0890 e. The first-order chi connectivity index (χ1) is 10.4. The molecule has 1 atom stereocenters. The number of aromatic nitrogens is 2. The van der Waals surface area contributed by atoms with Crippen molar-refractivity contribution in [2.24, 2.45) is 5.10 Å². The van der Waals surface area contributed by atoms with Gasteiger partial charge in [0.25, 0.3) is 0 Å². The van der Waals surface area contributed by atoms with E-state index in [1.807, 2.05) is 24.3 Å². The lowest BCUT2D eigenvalue weighted by Crippen LogP contribution is -2.10. The highest BCUT2D eigenvalue weighted by molar-refractivity contribution is 6.01. The normalized spacial score (nSPS) is 17.5. The summed E-state index contributed by atoms with van der Waals surface area (Å²) in [4.78, 5) is 8.66. The smallest absolute Gasteiger partial charge is 0.0890 e. The third-order valence-corrected chi connectivity index (χ3v) is 3.76. The van der Waals surface area contributed by atoms with E-state index < -0.39 is 0 Å². The van der Waals surface area contributed by atoms with E-state index in [9.17, 15) is 0 Å². The standard InChI is InChI=1S/C17H14N4/c1-2-4-12(5-3-1)15-11-16(21-20-15)13-6-7-14-17(10-13)19-9-8-18-14/h1-10,16,21H,11H2. The Morgan fingerprint density at radius 3 is 2.57 bits per heavy atom. The third kappa shape index (κ3) is 2.25. The largest absolute Gasteiger partial charge is 0.302 e. The number of benzene rings is 2. The molecule has 1 aliphatic heterocycles. The summed E-state index contributed by atoms with van der Waals surface area (Å²) in [5.41, 5.74) is 8.53. The summed E-state index contributed by atoms with van der Waals surface area (Å²) in [6.07, 6.45) is 4.32. The van der Waals surface area contributed by atoms with Crippen molar-refractivity contribution in [3.63, 3.8) is 0 Å². The van der Waals surface area contributed by atoms with Crippen LogP contribution in [0.1, 0.15) is 23.6 Å². The molecule has 0 bridgehead atoms. The van der Waals surface area contributed by atoms with E-state index in [1.165, 1.54) is 11.1 Å². The van der Waals surface area contributed by atoms with Crippen LogP contribution < -0.4 is 5.43 Å². The minimum atomic E-state index is 0.201. The Labute approximate surface area is 122 Å². The van der Waals surface area contributed by atoms with Crippen LogP contribution in [0.3, 0.4) is 0 Å². The fourth-order valence-corrected chi connectivity index (χ4v) is 2.64. The van der Waals surface area contributed by atoms with Gasteiger partial charge in [-0.2, -0.15) is 5.10 Å². The minimum Gasteiger partial charge on any atom is -0.302 e. The van der Waals surface area contributed by atoms with Gasteiger partial charge in [-0.3, -0.25) is 9.97 Å². The molecule has 0 fully saturated rings. The van der Waals surface area contributed by atoms with Gasteiger partial charge in [-0.05, 0) is 23.3 Å². The molecule has 21 heavy (non-hydrogen) atoms. The van der Waals surface area contributed by atoms with Crippen molar-refractivity contribution in [1.82, 2.24) is 15.4 Å². The number of fused-ring (bicyclic) bond motifs is 1. The Hall–Kier alpha value is -2.75. The molecule has 4 heteroatoms. The van der Waals surface area contributed by atoms with E-state index >= 15 is 0 Å². The summed E-state index contributed by atoms with van der Waals surface area (Å²) in [6, 6.07) is 16.7. The monoisotopic (exact) mass is 274 g/mol. The molecule has 2 aromatic carbocycles. The molecule has 0 spiro atoms. The van der Waals surface area contributed by atoms with Gasteiger partial charge in [0.05, 0.1) is 22.8 Å². The number of hydrazone groups is 1. The van der Waals surface area contributed by atoms with Gasteiger partial charge in [0.2, 0.25) is 0 Å². The summed E-state index contributed by atoms with van der Waals surface area (Å²) < 4.78 is 0. The maximum atomic E-state index is 4.47. The van der Waals surface area contributed by atoms with Crippen LogP contribution in [0.25, 0.3) is 11.0 Å². The molecule has 0 radical (unpaired) electrons. The highest BCUT2D eigenvalue weighted by Crippen LogP contribution is 2.26. The fraction of sp³-hybridized carbons (Fsp3) is 0.118. The lowest BCUT2D eigenvalue weighted by atomic mass is 9.99. The van der Waals surface area contributed by atoms with Crippen molar-refractivity contribution in [3.8, 4) is 0 Å². The second kappa shape index (κ2) is 4.98. The highest BCUT2D eigenvalue weighted by atomic mass is 15.3. The van der Waals surface area contributed by atoms with E-state index in [0.29, 0.717) is 0 Å². The van der Waals surface area contributed by atoms with Crippen LogP contribution in [0.2, 0.25) is 0 Å². The summed E-state index contributed by atoms with van der Waals surface area (Å²) in [6.45, 7) is 0. The Morgan fingerprint density at radius 2 is 1.71 bits per heavy atom. The summed E-state index contributed by atoms with van der Waals surface area (Å²) in [7, 11) is 0. The summed E-state index contributed by atoms with van der Waals surface area (Å²) in [5, 5.41) is 4.47. The lowest BCUT2D eigenvalue weighted by Gasteiger charge is -2.10. The number of hydrogen-bond donors (Lipinski definition) is 1. The molecule has 0 saturated carbocycles. The zero-order valence-electron chi connectivity index (χ0n) is 11.4. The van der Waals surface area contributed by atoms with E-state index in [1.54, 1.807) is 12.4 Å². The molecule has 0 saturated heterocycles. The van der Waals surface area contributed by atoms with Crippen molar-refractivity contribution in [2.45, 2.75) is 12.5 Å². The first-order valence-electron chi connectivity index (χ1n) is 6.98. The molecule has 4 nitrogen and oxygen atoms in total. The lowest BCUT2D eigenvalue weighted by molar-refractivity contribution is 0.620. The van der Waals surface area contributed by atoms with Crippen molar-refractivity contribution in [2.75, 3.05) is 0 Å². The van der Waals surface area contributed by atoms with Gasteiger partial charge in [0, 0.05) is 18.8 Å². The van der Waals surface area contributed by atoms with Gasteiger partial charge in [0.15, 0.2) is 0 Å². The van der Waals surface area contributed by atoms with Crippen LogP contribution in [-0.2, 0) is 0 Å². The second-order valence-electron chi connectivity index (χ2n) is 5.11. The molecular formula is C17H14N4. The Bertz CT molecular complexity index is 811. The average Bonchev–Trinajstić information content (AvgIpc) is 3.05. The van der Waals surface area contributed by atoms with Crippen LogP contribution in [0.15, 0.2) is 66.0 Å². The molecule has 1 N–H and O–H groups in total. The second-order valence-corrected chi connectivity index (χ2v) is 5.11. The van der Waals surface area contributed by atoms with E-state index in [2.05, 4.69) is 44.8 Å². The van der Waals surface area contributed by atoms with Crippen LogP contribution in [0, 0.1) is 0 Å². The average molecular weight is 274 g/mol. The number of nitrogens with one attached hydrogen (secondary N) is 1. The van der Waals surface area contributed by atoms with Gasteiger partial charge in [-0.25, -0.2) is 0 Å². The minimum absolute atomic E-state index is 0.201. The molecule has 0 amide bonds. The Morgan fingerprint density at radius 1 is 0.905 bits per heavy atom. The third-order valence-electron chi connectivity index (χ3n) is 3.76. The molecule has 4 rings (SSSR count). The molecule has 1 aliphatic rings. The quantitative estimate of drug-likeness (QED) is 0.781. The molecule has 0 aliphatic carbocycles. The Balaban J connectivity index is 1.61. The Kier molecular flexibility index (Phi) is 2.85. The van der Waals surface area contributed by atoms with Gasteiger partial charge < -0.3 is 5.43 Å². The molecule has 1 unspecified atom stereocenters.